The number of hydrogen-bond acceptors (Lipinski definition) is 4. The number of carbonyl (C=O) groups excluding carboxylic acids is 1. The topological polar surface area (TPSA) is 52.8 Å². The Morgan fingerprint density at radius 2 is 1.66 bits per heavy atom. The third-order valence-corrected chi connectivity index (χ3v) is 8.42. The average Bonchev–Trinajstić information content (AvgIpc) is 2.85. The second kappa shape index (κ2) is 7.82. The minimum absolute atomic E-state index is 0.144. The molecule has 3 aliphatic rings. The summed E-state index contributed by atoms with van der Waals surface area (Å²) in [5, 5.41) is 0. The zero-order valence-corrected chi connectivity index (χ0v) is 18.5. The summed E-state index contributed by atoms with van der Waals surface area (Å²) < 4.78 is 0. The van der Waals surface area contributed by atoms with Gasteiger partial charge in [0.05, 0.1) is 5.41 Å². The quantitative estimate of drug-likeness (QED) is 0.589. The predicted octanol–water partition coefficient (Wildman–Crippen LogP) is 3.46. The molecule has 2 heterocycles. The van der Waals surface area contributed by atoms with E-state index < -0.39 is 0 Å². The molecule has 2 bridgehead atoms. The van der Waals surface area contributed by atoms with E-state index in [1.165, 1.54) is 18.5 Å². The van der Waals surface area contributed by atoms with Gasteiger partial charge in [-0.1, -0.05) is 20.8 Å². The maximum atomic E-state index is 13.1. The molecule has 2 atom stereocenters. The number of rotatable bonds is 6. The fourth-order valence-electron chi connectivity index (χ4n) is 5.74. The molecule has 1 aliphatic carbocycles. The number of unbranched alkanes of at least 4 members (excludes halogenated alkanes) is 1. The van der Waals surface area contributed by atoms with Crippen LogP contribution in [0.1, 0.15) is 46.5 Å². The van der Waals surface area contributed by atoms with Crippen LogP contribution in [-0.2, 0) is 4.79 Å². The molecule has 5 nitrogen and oxygen atoms in total. The van der Waals surface area contributed by atoms with Crippen molar-refractivity contribution < 1.29 is 4.79 Å². The molecular weight excluding hydrogens is 360 g/mol. The van der Waals surface area contributed by atoms with Gasteiger partial charge in [0.2, 0.25) is 5.91 Å². The van der Waals surface area contributed by atoms with E-state index in [0.29, 0.717) is 11.8 Å². The van der Waals surface area contributed by atoms with Gasteiger partial charge in [-0.2, -0.15) is 0 Å². The number of amides is 1. The predicted molar refractivity (Wildman–Crippen MR) is 120 cm³/mol. The van der Waals surface area contributed by atoms with Crippen molar-refractivity contribution in [2.45, 2.75) is 46.5 Å². The summed E-state index contributed by atoms with van der Waals surface area (Å²) in [6, 6.07) is 8.21. The molecule has 1 saturated carbocycles. The molecule has 29 heavy (non-hydrogen) atoms. The van der Waals surface area contributed by atoms with Crippen molar-refractivity contribution >= 4 is 17.3 Å². The van der Waals surface area contributed by atoms with Crippen molar-refractivity contribution in [3.63, 3.8) is 0 Å². The van der Waals surface area contributed by atoms with Crippen molar-refractivity contribution in [2.24, 2.45) is 16.7 Å². The SMILES string of the molecule is CC1(C)C2CC[C@@]1(C)C(=O)N(CCCCN1CCN(c3ccc(N)cc3)CC1)C2. The summed E-state index contributed by atoms with van der Waals surface area (Å²) in [6.07, 6.45) is 4.58. The molecule has 2 aliphatic heterocycles. The zero-order valence-electron chi connectivity index (χ0n) is 18.5. The molecule has 160 valence electrons. The molecule has 1 aromatic carbocycles. The highest BCUT2D eigenvalue weighted by Gasteiger charge is 2.60. The minimum atomic E-state index is -0.144. The first kappa shape index (κ1) is 20.5. The van der Waals surface area contributed by atoms with Crippen LogP contribution in [0.5, 0.6) is 0 Å². The van der Waals surface area contributed by atoms with E-state index in [1.807, 2.05) is 12.1 Å². The molecule has 0 spiro atoms. The van der Waals surface area contributed by atoms with Gasteiger partial charge in [-0.05, 0) is 67.8 Å². The Balaban J connectivity index is 1.18. The van der Waals surface area contributed by atoms with Gasteiger partial charge in [0.15, 0.2) is 0 Å². The van der Waals surface area contributed by atoms with E-state index in [9.17, 15) is 4.79 Å². The Labute approximate surface area is 176 Å². The number of likely N-dealkylation sites (tertiary alicyclic amines) is 1. The van der Waals surface area contributed by atoms with Gasteiger partial charge >= 0.3 is 0 Å². The van der Waals surface area contributed by atoms with E-state index in [4.69, 9.17) is 5.73 Å². The monoisotopic (exact) mass is 398 g/mol. The summed E-state index contributed by atoms with van der Waals surface area (Å²) in [5.74, 6) is 1.08. The van der Waals surface area contributed by atoms with Gasteiger partial charge < -0.3 is 15.5 Å². The highest BCUT2D eigenvalue weighted by molar-refractivity contribution is 5.85. The van der Waals surface area contributed by atoms with Gasteiger partial charge in [-0.25, -0.2) is 0 Å². The summed E-state index contributed by atoms with van der Waals surface area (Å²) in [5.41, 5.74) is 7.91. The van der Waals surface area contributed by atoms with Crippen molar-refractivity contribution in [1.29, 1.82) is 0 Å². The fourth-order valence-corrected chi connectivity index (χ4v) is 5.74. The number of piperazine rings is 1. The Kier molecular flexibility index (Phi) is 5.54. The number of nitrogens with two attached hydrogens (primary N) is 1. The standard InChI is InChI=1S/C24H38N4O/c1-23(2)19-10-11-24(23,3)22(29)28(18-19)13-5-4-12-26-14-16-27(17-15-26)21-8-6-20(25)7-9-21/h6-9,19H,4-5,10-18,25H2,1-3H3/t19?,24-/m0/s1. The van der Waals surface area contributed by atoms with Crippen LogP contribution in [0.3, 0.4) is 0 Å². The number of carbonyl (C=O) groups is 1. The highest BCUT2D eigenvalue weighted by atomic mass is 16.2. The first-order valence-corrected chi connectivity index (χ1v) is 11.4. The molecule has 1 amide bonds. The summed E-state index contributed by atoms with van der Waals surface area (Å²) >= 11 is 0. The fraction of sp³-hybridized carbons (Fsp3) is 0.708. The average molecular weight is 399 g/mol. The van der Waals surface area contributed by atoms with Crippen LogP contribution in [0, 0.1) is 16.7 Å². The maximum Gasteiger partial charge on any atom is 0.229 e. The Bertz CT molecular complexity index is 723. The summed E-state index contributed by atoms with van der Waals surface area (Å²) in [4.78, 5) is 20.3. The first-order chi connectivity index (χ1) is 13.8. The molecule has 0 aromatic heterocycles. The number of fused-ring (bicyclic) bond motifs is 2. The third kappa shape index (κ3) is 3.74. The minimum Gasteiger partial charge on any atom is -0.399 e. The zero-order chi connectivity index (χ0) is 20.6. The van der Waals surface area contributed by atoms with E-state index >= 15 is 0 Å². The Morgan fingerprint density at radius 3 is 2.34 bits per heavy atom. The molecule has 5 heteroatoms. The number of nitrogens with zero attached hydrogens (tertiary/aromatic N) is 3. The largest absolute Gasteiger partial charge is 0.399 e. The van der Waals surface area contributed by atoms with E-state index in [1.54, 1.807) is 0 Å². The molecule has 2 saturated heterocycles. The smallest absolute Gasteiger partial charge is 0.229 e. The second-order valence-corrected chi connectivity index (χ2v) is 10.2. The van der Waals surface area contributed by atoms with E-state index in [2.05, 4.69) is 47.6 Å². The van der Waals surface area contributed by atoms with Gasteiger partial charge in [0.1, 0.15) is 0 Å². The lowest BCUT2D eigenvalue weighted by Gasteiger charge is -2.49. The lowest BCUT2D eigenvalue weighted by Crippen LogP contribution is -2.56. The van der Waals surface area contributed by atoms with Crippen LogP contribution in [0.15, 0.2) is 24.3 Å². The number of benzene rings is 1. The van der Waals surface area contributed by atoms with Crippen molar-refractivity contribution in [3.05, 3.63) is 24.3 Å². The summed E-state index contributed by atoms with van der Waals surface area (Å²) in [6.45, 7) is 14.3. The van der Waals surface area contributed by atoms with Gasteiger partial charge in [-0.15, -0.1) is 0 Å². The molecule has 3 fully saturated rings. The van der Waals surface area contributed by atoms with E-state index in [0.717, 1.165) is 64.3 Å². The van der Waals surface area contributed by atoms with Crippen LogP contribution < -0.4 is 10.6 Å². The highest BCUT2D eigenvalue weighted by Crippen LogP contribution is 2.59. The van der Waals surface area contributed by atoms with Crippen LogP contribution >= 0.6 is 0 Å². The summed E-state index contributed by atoms with van der Waals surface area (Å²) in [7, 11) is 0. The van der Waals surface area contributed by atoms with Gasteiger partial charge in [-0.3, -0.25) is 9.69 Å². The lowest BCUT2D eigenvalue weighted by atomic mass is 9.62. The molecule has 0 radical (unpaired) electrons. The first-order valence-electron chi connectivity index (χ1n) is 11.4. The van der Waals surface area contributed by atoms with Crippen LogP contribution in [0.2, 0.25) is 0 Å². The van der Waals surface area contributed by atoms with Crippen molar-refractivity contribution in [3.8, 4) is 0 Å². The number of piperidine rings is 1. The number of nitrogen functional groups attached to an aromatic ring is 1. The Hall–Kier alpha value is -1.75. The Morgan fingerprint density at radius 1 is 1.00 bits per heavy atom. The van der Waals surface area contributed by atoms with E-state index in [-0.39, 0.29) is 10.8 Å². The van der Waals surface area contributed by atoms with Gasteiger partial charge in [0.25, 0.3) is 0 Å². The molecule has 2 N–H and O–H groups in total. The normalized spacial score (nSPS) is 29.5. The molecule has 1 aromatic rings. The van der Waals surface area contributed by atoms with Crippen molar-refractivity contribution in [2.75, 3.05) is 56.4 Å². The second-order valence-electron chi connectivity index (χ2n) is 10.2. The molecule has 4 rings (SSSR count). The number of hydrogen-bond donors (Lipinski definition) is 1. The number of anilines is 2. The lowest BCUT2D eigenvalue weighted by molar-refractivity contribution is -0.155. The van der Waals surface area contributed by atoms with Gasteiger partial charge in [0, 0.05) is 50.6 Å². The van der Waals surface area contributed by atoms with Crippen LogP contribution in [0.25, 0.3) is 0 Å². The van der Waals surface area contributed by atoms with Crippen LogP contribution in [0.4, 0.5) is 11.4 Å². The molecule has 1 unspecified atom stereocenters. The van der Waals surface area contributed by atoms with Crippen molar-refractivity contribution in [1.82, 2.24) is 9.80 Å². The molecular formula is C24H38N4O. The van der Waals surface area contributed by atoms with Crippen LogP contribution in [-0.4, -0.2) is 61.5 Å². The third-order valence-electron chi connectivity index (χ3n) is 8.42. The maximum absolute atomic E-state index is 13.1.